The van der Waals surface area contributed by atoms with Gasteiger partial charge >= 0.3 is 0 Å². The maximum absolute atomic E-state index is 13.5. The number of fused-ring (bicyclic) bond motifs is 2. The molecule has 0 bridgehead atoms. The predicted octanol–water partition coefficient (Wildman–Crippen LogP) is 3.65. The van der Waals surface area contributed by atoms with Crippen molar-refractivity contribution in [3.8, 4) is 0 Å². The number of halogens is 1. The molecule has 1 aliphatic rings. The molecule has 29 heavy (non-hydrogen) atoms. The first kappa shape index (κ1) is 19.2. The van der Waals surface area contributed by atoms with E-state index in [-0.39, 0.29) is 23.5 Å². The van der Waals surface area contributed by atoms with Gasteiger partial charge in [0.25, 0.3) is 5.91 Å². The molecule has 2 N–H and O–H groups in total. The molecule has 2 aromatic carbocycles. The molecule has 0 radical (unpaired) electrons. The largest absolute Gasteiger partial charge is 0.361 e. The molecule has 0 unspecified atom stereocenters. The third kappa shape index (κ3) is 3.62. The number of carbonyl (C=O) groups excluding carboxylic acids is 2. The summed E-state index contributed by atoms with van der Waals surface area (Å²) in [6, 6.07) is 11.6. The zero-order chi connectivity index (χ0) is 20.5. The fraction of sp³-hybridized carbons (Fsp3) is 0.304. The van der Waals surface area contributed by atoms with Crippen molar-refractivity contribution in [2.75, 3.05) is 6.54 Å². The maximum Gasteiger partial charge on any atom is 0.255 e. The molecule has 2 heterocycles. The van der Waals surface area contributed by atoms with Crippen LogP contribution in [0.1, 0.15) is 35.3 Å². The van der Waals surface area contributed by atoms with Crippen LogP contribution < -0.4 is 5.32 Å². The highest BCUT2D eigenvalue weighted by Crippen LogP contribution is 2.27. The zero-order valence-electron chi connectivity index (χ0n) is 16.5. The molecule has 3 aromatic rings. The molecule has 1 aliphatic heterocycles. The smallest absolute Gasteiger partial charge is 0.255 e. The molecule has 1 aromatic heterocycles. The Morgan fingerprint density at radius 1 is 1.24 bits per heavy atom. The molecular formula is C23H24FN3O2. The molecular weight excluding hydrogens is 369 g/mol. The first-order valence-corrected chi connectivity index (χ1v) is 9.88. The SMILES string of the molecule is CC(C)[C@H](C(=O)NCCc1c[nH]c2ccc(F)cc12)N1Cc2ccccc2C1=O. The maximum atomic E-state index is 13.5. The fourth-order valence-corrected chi connectivity index (χ4v) is 4.09. The van der Waals surface area contributed by atoms with Gasteiger partial charge in [-0.3, -0.25) is 9.59 Å². The number of carbonyl (C=O) groups is 2. The highest BCUT2D eigenvalue weighted by atomic mass is 19.1. The molecule has 6 heteroatoms. The summed E-state index contributed by atoms with van der Waals surface area (Å²) in [5.74, 6) is -0.557. The van der Waals surface area contributed by atoms with E-state index in [2.05, 4.69) is 10.3 Å². The van der Waals surface area contributed by atoms with Crippen molar-refractivity contribution in [3.05, 3.63) is 71.2 Å². The summed E-state index contributed by atoms with van der Waals surface area (Å²) in [6.45, 7) is 4.76. The van der Waals surface area contributed by atoms with Crippen LogP contribution in [-0.2, 0) is 17.8 Å². The molecule has 0 spiro atoms. The van der Waals surface area contributed by atoms with E-state index in [4.69, 9.17) is 0 Å². The van der Waals surface area contributed by atoms with E-state index in [1.165, 1.54) is 12.1 Å². The Morgan fingerprint density at radius 3 is 2.79 bits per heavy atom. The average molecular weight is 393 g/mol. The Morgan fingerprint density at radius 2 is 2.03 bits per heavy atom. The first-order chi connectivity index (χ1) is 14.0. The lowest BCUT2D eigenvalue weighted by Crippen LogP contribution is -2.50. The van der Waals surface area contributed by atoms with E-state index in [0.29, 0.717) is 25.1 Å². The lowest BCUT2D eigenvalue weighted by atomic mass is 10.0. The molecule has 5 nitrogen and oxygen atoms in total. The van der Waals surface area contributed by atoms with Crippen molar-refractivity contribution in [3.63, 3.8) is 0 Å². The summed E-state index contributed by atoms with van der Waals surface area (Å²) in [5, 5.41) is 3.79. The van der Waals surface area contributed by atoms with Gasteiger partial charge in [-0.2, -0.15) is 0 Å². The number of aromatic nitrogens is 1. The Bertz CT molecular complexity index is 1070. The second kappa shape index (κ2) is 7.70. The normalized spacial score (nSPS) is 14.5. The monoisotopic (exact) mass is 393 g/mol. The Labute approximate surface area is 168 Å². The highest BCUT2D eigenvalue weighted by Gasteiger charge is 2.37. The van der Waals surface area contributed by atoms with Gasteiger partial charge in [-0.05, 0) is 47.7 Å². The van der Waals surface area contributed by atoms with Crippen molar-refractivity contribution >= 4 is 22.7 Å². The van der Waals surface area contributed by atoms with Crippen LogP contribution in [0.5, 0.6) is 0 Å². The van der Waals surface area contributed by atoms with Crippen LogP contribution in [0.3, 0.4) is 0 Å². The van der Waals surface area contributed by atoms with Crippen molar-refractivity contribution in [1.29, 1.82) is 0 Å². The van der Waals surface area contributed by atoms with Crippen molar-refractivity contribution in [2.24, 2.45) is 5.92 Å². The quantitative estimate of drug-likeness (QED) is 0.671. The van der Waals surface area contributed by atoms with E-state index in [9.17, 15) is 14.0 Å². The number of amides is 2. The number of H-pyrrole nitrogens is 1. The topological polar surface area (TPSA) is 65.2 Å². The van der Waals surface area contributed by atoms with Crippen molar-refractivity contribution < 1.29 is 14.0 Å². The van der Waals surface area contributed by atoms with Crippen LogP contribution >= 0.6 is 0 Å². The van der Waals surface area contributed by atoms with Gasteiger partial charge in [0.05, 0.1) is 0 Å². The Kier molecular flexibility index (Phi) is 5.09. The third-order valence-electron chi connectivity index (χ3n) is 5.51. The number of rotatable bonds is 6. The summed E-state index contributed by atoms with van der Waals surface area (Å²) in [7, 11) is 0. The van der Waals surface area contributed by atoms with E-state index in [1.807, 2.05) is 44.3 Å². The highest BCUT2D eigenvalue weighted by molar-refractivity contribution is 6.01. The summed E-state index contributed by atoms with van der Waals surface area (Å²) in [6.07, 6.45) is 2.42. The molecule has 4 rings (SSSR count). The Hall–Kier alpha value is -3.15. The minimum absolute atomic E-state index is 0.0181. The summed E-state index contributed by atoms with van der Waals surface area (Å²) in [4.78, 5) is 30.5. The number of hydrogen-bond donors (Lipinski definition) is 2. The zero-order valence-corrected chi connectivity index (χ0v) is 16.5. The van der Waals surface area contributed by atoms with Gasteiger partial charge in [-0.25, -0.2) is 4.39 Å². The molecule has 150 valence electrons. The van der Waals surface area contributed by atoms with Crippen LogP contribution in [-0.4, -0.2) is 34.3 Å². The number of nitrogens with one attached hydrogen (secondary N) is 2. The van der Waals surface area contributed by atoms with Gasteiger partial charge in [0.1, 0.15) is 11.9 Å². The summed E-state index contributed by atoms with van der Waals surface area (Å²) < 4.78 is 13.5. The number of nitrogens with zero attached hydrogens (tertiary/aromatic N) is 1. The lowest BCUT2D eigenvalue weighted by Gasteiger charge is -2.30. The third-order valence-corrected chi connectivity index (χ3v) is 5.51. The standard InChI is InChI=1S/C23H24FN3O2/c1-14(2)21(27-13-16-5-3-4-6-18(16)23(27)29)22(28)25-10-9-15-12-26-20-8-7-17(24)11-19(15)20/h3-8,11-12,14,21,26H,9-10,13H2,1-2H3,(H,25,28)/t21-/m1/s1. The number of benzene rings is 2. The van der Waals surface area contributed by atoms with Crippen LogP contribution in [0, 0.1) is 11.7 Å². The van der Waals surface area contributed by atoms with Gasteiger partial charge in [0, 0.05) is 35.8 Å². The molecule has 0 saturated heterocycles. The minimum atomic E-state index is -0.532. The fourth-order valence-electron chi connectivity index (χ4n) is 4.09. The van der Waals surface area contributed by atoms with Gasteiger partial charge in [0.15, 0.2) is 0 Å². The second-order valence-electron chi connectivity index (χ2n) is 7.82. The molecule has 1 atom stereocenters. The Balaban J connectivity index is 1.43. The van der Waals surface area contributed by atoms with Gasteiger partial charge in [-0.15, -0.1) is 0 Å². The summed E-state index contributed by atoms with van der Waals surface area (Å²) in [5.41, 5.74) is 3.45. The van der Waals surface area contributed by atoms with Crippen molar-refractivity contribution in [1.82, 2.24) is 15.2 Å². The van der Waals surface area contributed by atoms with E-state index >= 15 is 0 Å². The second-order valence-corrected chi connectivity index (χ2v) is 7.82. The van der Waals surface area contributed by atoms with Crippen molar-refractivity contribution in [2.45, 2.75) is 32.9 Å². The molecule has 0 fully saturated rings. The predicted molar refractivity (Wildman–Crippen MR) is 110 cm³/mol. The van der Waals surface area contributed by atoms with E-state index < -0.39 is 6.04 Å². The lowest BCUT2D eigenvalue weighted by molar-refractivity contribution is -0.127. The van der Waals surface area contributed by atoms with Gasteiger partial charge in [0.2, 0.25) is 5.91 Å². The molecule has 2 amide bonds. The van der Waals surface area contributed by atoms with Gasteiger partial charge in [-0.1, -0.05) is 32.0 Å². The van der Waals surface area contributed by atoms with Crippen LogP contribution in [0.25, 0.3) is 10.9 Å². The van der Waals surface area contributed by atoms with Gasteiger partial charge < -0.3 is 15.2 Å². The van der Waals surface area contributed by atoms with Crippen LogP contribution in [0.15, 0.2) is 48.7 Å². The first-order valence-electron chi connectivity index (χ1n) is 9.88. The van der Waals surface area contributed by atoms with E-state index in [0.717, 1.165) is 22.0 Å². The van der Waals surface area contributed by atoms with E-state index in [1.54, 1.807) is 11.0 Å². The number of aromatic amines is 1. The van der Waals surface area contributed by atoms with Crippen LogP contribution in [0.2, 0.25) is 0 Å². The minimum Gasteiger partial charge on any atom is -0.361 e. The number of hydrogen-bond acceptors (Lipinski definition) is 2. The molecule has 0 aliphatic carbocycles. The molecule has 0 saturated carbocycles. The average Bonchev–Trinajstić information content (AvgIpc) is 3.23. The van der Waals surface area contributed by atoms with Crippen LogP contribution in [0.4, 0.5) is 4.39 Å². The summed E-state index contributed by atoms with van der Waals surface area (Å²) >= 11 is 0.